The molecule has 0 unspecified atom stereocenters. The number of amides is 1. The molecule has 3 rings (SSSR count). The highest BCUT2D eigenvalue weighted by Crippen LogP contribution is 2.11. The normalized spacial score (nSPS) is 10.4. The fourth-order valence-corrected chi connectivity index (χ4v) is 2.39. The summed E-state index contributed by atoms with van der Waals surface area (Å²) in [6.45, 7) is 4.80. The number of benzene rings is 1. The standard InChI is InChI=1S/C19H22N6O2/c1-14-4-6-16(7-5-14)27-13-19(26)21-10-9-20-17-12-18(24-15(2)23-17)25-11-3-8-22-25/h3-8,11-12H,9-10,13H2,1-2H3,(H,21,26)(H,20,23,24). The SMILES string of the molecule is Cc1ccc(OCC(=O)NCCNc2cc(-n3cccn3)nc(C)n2)cc1. The molecule has 2 N–H and O–H groups in total. The zero-order valence-electron chi connectivity index (χ0n) is 15.3. The Labute approximate surface area is 157 Å². The van der Waals surface area contributed by atoms with E-state index in [4.69, 9.17) is 4.74 Å². The number of rotatable bonds is 8. The number of nitrogens with zero attached hydrogens (tertiary/aromatic N) is 4. The fourth-order valence-electron chi connectivity index (χ4n) is 2.39. The highest BCUT2D eigenvalue weighted by Gasteiger charge is 2.05. The first-order valence-corrected chi connectivity index (χ1v) is 8.66. The average molecular weight is 366 g/mol. The van der Waals surface area contributed by atoms with Gasteiger partial charge in [-0.05, 0) is 32.0 Å². The van der Waals surface area contributed by atoms with Crippen LogP contribution in [-0.4, -0.2) is 45.4 Å². The molecule has 0 radical (unpaired) electrons. The number of ether oxygens (including phenoxy) is 1. The fraction of sp³-hybridized carbons (Fsp3) is 0.263. The number of nitrogens with one attached hydrogen (secondary N) is 2. The first-order chi connectivity index (χ1) is 13.1. The predicted molar refractivity (Wildman–Crippen MR) is 102 cm³/mol. The molecule has 0 bridgehead atoms. The minimum atomic E-state index is -0.173. The number of anilines is 1. The Hall–Kier alpha value is -3.42. The summed E-state index contributed by atoms with van der Waals surface area (Å²) < 4.78 is 7.12. The van der Waals surface area contributed by atoms with E-state index in [-0.39, 0.29) is 12.5 Å². The maximum Gasteiger partial charge on any atom is 0.258 e. The lowest BCUT2D eigenvalue weighted by molar-refractivity contribution is -0.123. The van der Waals surface area contributed by atoms with Crippen LogP contribution in [0.25, 0.3) is 5.82 Å². The molecule has 1 amide bonds. The highest BCUT2D eigenvalue weighted by molar-refractivity contribution is 5.77. The molecule has 1 aromatic carbocycles. The summed E-state index contributed by atoms with van der Waals surface area (Å²) in [5, 5.41) is 10.1. The van der Waals surface area contributed by atoms with Gasteiger partial charge in [0, 0.05) is 31.5 Å². The molecular formula is C19H22N6O2. The van der Waals surface area contributed by atoms with Crippen LogP contribution < -0.4 is 15.4 Å². The van der Waals surface area contributed by atoms with Crippen molar-refractivity contribution in [3.05, 3.63) is 60.2 Å². The minimum absolute atomic E-state index is 0.0148. The molecule has 0 spiro atoms. The van der Waals surface area contributed by atoms with Gasteiger partial charge in [-0.2, -0.15) is 5.10 Å². The monoisotopic (exact) mass is 366 g/mol. The molecule has 8 nitrogen and oxygen atoms in total. The smallest absolute Gasteiger partial charge is 0.258 e. The van der Waals surface area contributed by atoms with Gasteiger partial charge in [-0.15, -0.1) is 0 Å². The summed E-state index contributed by atoms with van der Waals surface area (Å²) in [6, 6.07) is 11.2. The van der Waals surface area contributed by atoms with Gasteiger partial charge in [0.2, 0.25) is 0 Å². The Balaban J connectivity index is 1.42. The molecule has 8 heteroatoms. The molecule has 0 saturated heterocycles. The van der Waals surface area contributed by atoms with Crippen LogP contribution in [0.15, 0.2) is 48.8 Å². The van der Waals surface area contributed by atoms with E-state index in [1.165, 1.54) is 0 Å². The topological polar surface area (TPSA) is 94.0 Å². The van der Waals surface area contributed by atoms with Crippen molar-refractivity contribution in [1.29, 1.82) is 0 Å². The third-order valence-corrected chi connectivity index (χ3v) is 3.71. The molecule has 0 fully saturated rings. The van der Waals surface area contributed by atoms with E-state index in [1.807, 2.05) is 56.4 Å². The van der Waals surface area contributed by atoms with Crippen LogP contribution in [0.4, 0.5) is 5.82 Å². The van der Waals surface area contributed by atoms with Crippen LogP contribution >= 0.6 is 0 Å². The van der Waals surface area contributed by atoms with Crippen LogP contribution in [0.2, 0.25) is 0 Å². The van der Waals surface area contributed by atoms with Crippen molar-refractivity contribution >= 4 is 11.7 Å². The third kappa shape index (κ3) is 5.53. The Morgan fingerprint density at radius 1 is 1.15 bits per heavy atom. The Morgan fingerprint density at radius 2 is 1.96 bits per heavy atom. The minimum Gasteiger partial charge on any atom is -0.484 e. The first kappa shape index (κ1) is 18.4. The summed E-state index contributed by atoms with van der Waals surface area (Å²) in [6.07, 6.45) is 3.51. The Bertz CT molecular complexity index is 878. The average Bonchev–Trinajstić information content (AvgIpc) is 3.19. The number of carbonyl (C=O) groups is 1. The second-order valence-electron chi connectivity index (χ2n) is 5.99. The van der Waals surface area contributed by atoms with Gasteiger partial charge in [0.25, 0.3) is 5.91 Å². The maximum atomic E-state index is 11.9. The quantitative estimate of drug-likeness (QED) is 0.591. The van der Waals surface area contributed by atoms with Gasteiger partial charge in [-0.25, -0.2) is 14.6 Å². The molecule has 0 aliphatic carbocycles. The molecule has 0 aliphatic rings. The van der Waals surface area contributed by atoms with Crippen molar-refractivity contribution in [3.63, 3.8) is 0 Å². The summed E-state index contributed by atoms with van der Waals surface area (Å²) in [5.74, 6) is 2.51. The van der Waals surface area contributed by atoms with Gasteiger partial charge >= 0.3 is 0 Å². The molecule has 27 heavy (non-hydrogen) atoms. The van der Waals surface area contributed by atoms with Crippen molar-refractivity contribution in [1.82, 2.24) is 25.1 Å². The lowest BCUT2D eigenvalue weighted by Gasteiger charge is -2.10. The second kappa shape index (κ2) is 8.79. The molecule has 140 valence electrons. The Morgan fingerprint density at radius 3 is 2.70 bits per heavy atom. The Kier molecular flexibility index (Phi) is 5.98. The highest BCUT2D eigenvalue weighted by atomic mass is 16.5. The van der Waals surface area contributed by atoms with E-state index in [9.17, 15) is 4.79 Å². The number of hydrogen-bond acceptors (Lipinski definition) is 6. The van der Waals surface area contributed by atoms with Crippen molar-refractivity contribution in [2.45, 2.75) is 13.8 Å². The summed E-state index contributed by atoms with van der Waals surface area (Å²) in [4.78, 5) is 20.6. The lowest BCUT2D eigenvalue weighted by atomic mass is 10.2. The van der Waals surface area contributed by atoms with Crippen LogP contribution in [0, 0.1) is 13.8 Å². The van der Waals surface area contributed by atoms with Gasteiger partial charge < -0.3 is 15.4 Å². The first-order valence-electron chi connectivity index (χ1n) is 8.66. The van der Waals surface area contributed by atoms with Crippen LogP contribution in [-0.2, 0) is 4.79 Å². The zero-order valence-corrected chi connectivity index (χ0v) is 15.3. The molecular weight excluding hydrogens is 344 g/mol. The molecule has 2 heterocycles. The largest absolute Gasteiger partial charge is 0.484 e. The van der Waals surface area contributed by atoms with E-state index in [2.05, 4.69) is 25.7 Å². The van der Waals surface area contributed by atoms with Gasteiger partial charge in [0.15, 0.2) is 12.4 Å². The summed E-state index contributed by atoms with van der Waals surface area (Å²) in [7, 11) is 0. The van der Waals surface area contributed by atoms with Gasteiger partial charge in [0.05, 0.1) is 0 Å². The number of aromatic nitrogens is 4. The summed E-state index contributed by atoms with van der Waals surface area (Å²) >= 11 is 0. The van der Waals surface area contributed by atoms with E-state index in [0.717, 1.165) is 5.56 Å². The number of carbonyl (C=O) groups excluding carboxylic acids is 1. The third-order valence-electron chi connectivity index (χ3n) is 3.71. The van der Waals surface area contributed by atoms with Crippen molar-refractivity contribution < 1.29 is 9.53 Å². The van der Waals surface area contributed by atoms with Crippen molar-refractivity contribution in [2.75, 3.05) is 25.0 Å². The maximum absolute atomic E-state index is 11.9. The van der Waals surface area contributed by atoms with Gasteiger partial charge in [-0.3, -0.25) is 4.79 Å². The van der Waals surface area contributed by atoms with E-state index in [0.29, 0.717) is 36.3 Å². The summed E-state index contributed by atoms with van der Waals surface area (Å²) in [5.41, 5.74) is 1.15. The molecule has 3 aromatic rings. The predicted octanol–water partition coefficient (Wildman–Crippen LogP) is 1.89. The van der Waals surface area contributed by atoms with Crippen LogP contribution in [0.1, 0.15) is 11.4 Å². The van der Waals surface area contributed by atoms with Gasteiger partial charge in [-0.1, -0.05) is 17.7 Å². The van der Waals surface area contributed by atoms with Crippen molar-refractivity contribution in [2.24, 2.45) is 0 Å². The zero-order chi connectivity index (χ0) is 19.1. The van der Waals surface area contributed by atoms with E-state index in [1.54, 1.807) is 10.9 Å². The van der Waals surface area contributed by atoms with Crippen LogP contribution in [0.5, 0.6) is 5.75 Å². The molecule has 0 atom stereocenters. The van der Waals surface area contributed by atoms with Crippen LogP contribution in [0.3, 0.4) is 0 Å². The molecule has 2 aromatic heterocycles. The molecule has 0 aliphatic heterocycles. The molecule has 0 saturated carbocycles. The second-order valence-corrected chi connectivity index (χ2v) is 5.99. The van der Waals surface area contributed by atoms with Crippen molar-refractivity contribution in [3.8, 4) is 11.6 Å². The lowest BCUT2D eigenvalue weighted by Crippen LogP contribution is -2.32. The number of hydrogen-bond donors (Lipinski definition) is 2. The number of aryl methyl sites for hydroxylation is 2. The van der Waals surface area contributed by atoms with E-state index >= 15 is 0 Å². The van der Waals surface area contributed by atoms with E-state index < -0.39 is 0 Å². The van der Waals surface area contributed by atoms with Gasteiger partial charge in [0.1, 0.15) is 17.4 Å².